The number of likely N-dealkylation sites (tertiary alicyclic amines) is 1. The number of hydrogen-bond donors (Lipinski definition) is 0. The second kappa shape index (κ2) is 2.93. The van der Waals surface area contributed by atoms with Gasteiger partial charge < -0.3 is 4.90 Å². The number of hydrogen-bond acceptors (Lipinski definition) is 3. The van der Waals surface area contributed by atoms with Crippen molar-refractivity contribution >= 4 is 10.0 Å². The van der Waals surface area contributed by atoms with Crippen molar-refractivity contribution in [2.45, 2.75) is 24.9 Å². The topological polar surface area (TPSA) is 40.6 Å². The van der Waals surface area contributed by atoms with Crippen molar-refractivity contribution in [2.75, 3.05) is 26.4 Å². The van der Waals surface area contributed by atoms with E-state index in [9.17, 15) is 8.42 Å². The second-order valence-corrected chi connectivity index (χ2v) is 6.09. The third-order valence-corrected chi connectivity index (χ3v) is 4.34. The van der Waals surface area contributed by atoms with Gasteiger partial charge in [-0.05, 0) is 19.9 Å². The highest BCUT2D eigenvalue weighted by Crippen LogP contribution is 2.31. The summed E-state index contributed by atoms with van der Waals surface area (Å²) in [5.41, 5.74) is 0. The van der Waals surface area contributed by atoms with Crippen LogP contribution in [0.5, 0.6) is 0 Å². The van der Waals surface area contributed by atoms with Crippen LogP contribution in [0.15, 0.2) is 0 Å². The summed E-state index contributed by atoms with van der Waals surface area (Å²) in [7, 11) is -0.918. The minimum atomic E-state index is -2.98. The maximum absolute atomic E-state index is 11.5. The molecule has 0 aliphatic carbocycles. The van der Waals surface area contributed by atoms with Gasteiger partial charge in [0.1, 0.15) is 0 Å². The van der Waals surface area contributed by atoms with E-state index in [0.717, 1.165) is 25.9 Å². The molecular weight excluding hydrogens is 188 g/mol. The lowest BCUT2D eigenvalue weighted by molar-refractivity contribution is 0.155. The van der Waals surface area contributed by atoms with Gasteiger partial charge in [0, 0.05) is 25.2 Å². The first-order valence-corrected chi connectivity index (χ1v) is 6.50. The summed E-state index contributed by atoms with van der Waals surface area (Å²) in [4.78, 5) is 2.23. The largest absolute Gasteiger partial charge is 0.303 e. The van der Waals surface area contributed by atoms with Crippen molar-refractivity contribution in [3.05, 3.63) is 0 Å². The Balaban J connectivity index is 2.25. The third kappa shape index (κ3) is 1.60. The molecule has 5 heteroatoms. The van der Waals surface area contributed by atoms with E-state index in [-0.39, 0.29) is 12.1 Å². The van der Waals surface area contributed by atoms with Crippen LogP contribution in [0.4, 0.5) is 0 Å². The molecule has 2 fully saturated rings. The summed E-state index contributed by atoms with van der Waals surface area (Å²) in [6.07, 6.45) is 3.38. The molecule has 13 heavy (non-hydrogen) atoms. The Bertz CT molecular complexity index is 287. The fourth-order valence-corrected chi connectivity index (χ4v) is 4.04. The molecule has 2 rings (SSSR count). The molecule has 0 aromatic carbocycles. The highest BCUT2D eigenvalue weighted by atomic mass is 32.2. The monoisotopic (exact) mass is 204 g/mol. The zero-order chi connectivity index (χ0) is 9.64. The minimum absolute atomic E-state index is 0.235. The highest BCUT2D eigenvalue weighted by molar-refractivity contribution is 7.88. The van der Waals surface area contributed by atoms with Gasteiger partial charge in [0.25, 0.3) is 0 Å². The van der Waals surface area contributed by atoms with Gasteiger partial charge in [-0.15, -0.1) is 0 Å². The summed E-state index contributed by atoms with van der Waals surface area (Å²) in [6, 6.07) is 0.470. The van der Waals surface area contributed by atoms with Crippen LogP contribution in [0.1, 0.15) is 12.8 Å². The number of fused-ring (bicyclic) bond motifs is 2. The highest BCUT2D eigenvalue weighted by Gasteiger charge is 2.43. The average Bonchev–Trinajstić information content (AvgIpc) is 2.23. The van der Waals surface area contributed by atoms with Gasteiger partial charge in [0.2, 0.25) is 10.0 Å². The molecule has 0 radical (unpaired) electrons. The summed E-state index contributed by atoms with van der Waals surface area (Å²) >= 11 is 0. The van der Waals surface area contributed by atoms with Crippen LogP contribution in [-0.2, 0) is 10.0 Å². The molecule has 76 valence electrons. The molecule has 2 aliphatic rings. The summed E-state index contributed by atoms with van der Waals surface area (Å²) in [6.45, 7) is 1.78. The molecule has 0 N–H and O–H groups in total. The Morgan fingerprint density at radius 2 is 1.62 bits per heavy atom. The van der Waals surface area contributed by atoms with Gasteiger partial charge in [-0.2, -0.15) is 4.31 Å². The van der Waals surface area contributed by atoms with Gasteiger partial charge in [0.05, 0.1) is 6.26 Å². The van der Waals surface area contributed by atoms with Crippen LogP contribution >= 0.6 is 0 Å². The predicted molar refractivity (Wildman–Crippen MR) is 51.0 cm³/mol. The first-order valence-electron chi connectivity index (χ1n) is 4.65. The standard InChI is InChI=1S/C8H16N2O2S/c1-9-5-7-3-4-8(6-9)10(7)13(2,11)12/h7-8H,3-6H2,1-2H3. The first kappa shape index (κ1) is 9.43. The third-order valence-electron chi connectivity index (χ3n) is 2.98. The normalized spacial score (nSPS) is 36.8. The van der Waals surface area contributed by atoms with Crippen molar-refractivity contribution in [3.63, 3.8) is 0 Å². The number of rotatable bonds is 1. The van der Waals surface area contributed by atoms with E-state index >= 15 is 0 Å². The molecule has 0 aromatic heterocycles. The minimum Gasteiger partial charge on any atom is -0.303 e. The molecule has 4 nitrogen and oxygen atoms in total. The van der Waals surface area contributed by atoms with Crippen molar-refractivity contribution < 1.29 is 8.42 Å². The molecule has 2 bridgehead atoms. The number of likely N-dealkylation sites (N-methyl/N-ethyl adjacent to an activating group) is 1. The molecule has 0 amide bonds. The first-order chi connectivity index (χ1) is 5.98. The molecule has 2 saturated heterocycles. The van der Waals surface area contributed by atoms with Crippen LogP contribution in [-0.4, -0.2) is 56.1 Å². The molecule has 2 atom stereocenters. The van der Waals surface area contributed by atoms with Gasteiger partial charge in [-0.1, -0.05) is 0 Å². The molecule has 0 aromatic rings. The van der Waals surface area contributed by atoms with Crippen LogP contribution in [0.25, 0.3) is 0 Å². The lowest BCUT2D eigenvalue weighted by Crippen LogP contribution is -2.54. The van der Waals surface area contributed by atoms with Crippen molar-refractivity contribution in [3.8, 4) is 0 Å². The molecular formula is C8H16N2O2S. The Kier molecular flexibility index (Phi) is 2.13. The van der Waals surface area contributed by atoms with E-state index in [1.807, 2.05) is 0 Å². The maximum Gasteiger partial charge on any atom is 0.211 e. The fraction of sp³-hybridized carbons (Fsp3) is 1.00. The zero-order valence-corrected chi connectivity index (χ0v) is 8.92. The van der Waals surface area contributed by atoms with Gasteiger partial charge in [-0.25, -0.2) is 8.42 Å². The van der Waals surface area contributed by atoms with Crippen LogP contribution < -0.4 is 0 Å². The maximum atomic E-state index is 11.5. The molecule has 2 aliphatic heterocycles. The number of piperazine rings is 1. The van der Waals surface area contributed by atoms with Crippen LogP contribution in [0, 0.1) is 0 Å². The van der Waals surface area contributed by atoms with Crippen molar-refractivity contribution in [2.24, 2.45) is 0 Å². The average molecular weight is 204 g/mol. The lowest BCUT2D eigenvalue weighted by Gasteiger charge is -2.37. The fourth-order valence-electron chi connectivity index (χ4n) is 2.62. The Morgan fingerprint density at radius 1 is 1.15 bits per heavy atom. The summed E-state index contributed by atoms with van der Waals surface area (Å²) < 4.78 is 24.6. The van der Waals surface area contributed by atoms with E-state index in [1.165, 1.54) is 6.26 Å². The van der Waals surface area contributed by atoms with Crippen molar-refractivity contribution in [1.82, 2.24) is 9.21 Å². The Hall–Kier alpha value is -0.130. The molecule has 2 unspecified atom stereocenters. The van der Waals surface area contributed by atoms with E-state index in [1.54, 1.807) is 4.31 Å². The Labute approximate surface area is 79.6 Å². The lowest BCUT2D eigenvalue weighted by atomic mass is 10.2. The summed E-state index contributed by atoms with van der Waals surface area (Å²) in [5.74, 6) is 0. The van der Waals surface area contributed by atoms with E-state index < -0.39 is 10.0 Å². The van der Waals surface area contributed by atoms with Crippen LogP contribution in [0.2, 0.25) is 0 Å². The molecule has 0 saturated carbocycles. The van der Waals surface area contributed by atoms with E-state index in [4.69, 9.17) is 0 Å². The van der Waals surface area contributed by atoms with Crippen molar-refractivity contribution in [1.29, 1.82) is 0 Å². The quantitative estimate of drug-likeness (QED) is 0.590. The van der Waals surface area contributed by atoms with Gasteiger partial charge in [0.15, 0.2) is 0 Å². The summed E-state index contributed by atoms with van der Waals surface area (Å²) in [5, 5.41) is 0. The second-order valence-electron chi connectivity index (χ2n) is 4.20. The molecule has 0 spiro atoms. The number of nitrogens with zero attached hydrogens (tertiary/aromatic N) is 2. The number of sulfonamides is 1. The predicted octanol–water partition coefficient (Wildman–Crippen LogP) is -0.276. The van der Waals surface area contributed by atoms with Crippen LogP contribution in [0.3, 0.4) is 0 Å². The van der Waals surface area contributed by atoms with Gasteiger partial charge in [-0.3, -0.25) is 0 Å². The van der Waals surface area contributed by atoms with E-state index in [0.29, 0.717) is 0 Å². The van der Waals surface area contributed by atoms with Gasteiger partial charge >= 0.3 is 0 Å². The smallest absolute Gasteiger partial charge is 0.211 e. The Morgan fingerprint density at radius 3 is 2.00 bits per heavy atom. The zero-order valence-electron chi connectivity index (χ0n) is 8.10. The molecule has 2 heterocycles. The van der Waals surface area contributed by atoms with E-state index in [2.05, 4.69) is 11.9 Å². The SMILES string of the molecule is CN1CC2CCC(C1)N2S(C)(=O)=O.